The Morgan fingerprint density at radius 1 is 0.897 bits per heavy atom. The van der Waals surface area contributed by atoms with Gasteiger partial charge in [0.15, 0.2) is 0 Å². The molecule has 2 aromatic carbocycles. The number of hydrogen-bond donors (Lipinski definition) is 1. The molecule has 5 nitrogen and oxygen atoms in total. The lowest BCUT2D eigenvalue weighted by atomic mass is 9.95. The van der Waals surface area contributed by atoms with Crippen LogP contribution in [0, 0.1) is 5.92 Å². The van der Waals surface area contributed by atoms with Crippen LogP contribution in [0.1, 0.15) is 25.7 Å². The third kappa shape index (κ3) is 5.78. The van der Waals surface area contributed by atoms with Crippen LogP contribution in [-0.4, -0.2) is 29.9 Å². The number of benzene rings is 2. The average molecular weight is 389 g/mol. The van der Waals surface area contributed by atoms with Crippen molar-refractivity contribution in [3.8, 4) is 28.6 Å². The molecule has 150 valence electrons. The zero-order chi connectivity index (χ0) is 19.7. The van der Waals surface area contributed by atoms with E-state index in [9.17, 15) is 0 Å². The molecule has 1 aromatic heterocycles. The molecule has 1 unspecified atom stereocenters. The summed E-state index contributed by atoms with van der Waals surface area (Å²) in [5.41, 5.74) is 1.81. The van der Waals surface area contributed by atoms with Crippen molar-refractivity contribution in [2.75, 3.05) is 19.7 Å². The van der Waals surface area contributed by atoms with E-state index in [0.717, 1.165) is 48.2 Å². The quantitative estimate of drug-likeness (QED) is 0.544. The van der Waals surface area contributed by atoms with Crippen LogP contribution in [0.3, 0.4) is 0 Å². The van der Waals surface area contributed by atoms with Crippen LogP contribution in [0.4, 0.5) is 0 Å². The first-order valence-electron chi connectivity index (χ1n) is 10.4. The summed E-state index contributed by atoms with van der Waals surface area (Å²) in [6.07, 6.45) is 4.98. The van der Waals surface area contributed by atoms with Crippen LogP contribution in [-0.2, 0) is 0 Å². The second-order valence-corrected chi connectivity index (χ2v) is 7.40. The molecule has 1 aliphatic rings. The van der Waals surface area contributed by atoms with Crippen molar-refractivity contribution < 1.29 is 9.47 Å². The van der Waals surface area contributed by atoms with Crippen LogP contribution in [0.25, 0.3) is 11.3 Å². The first-order valence-corrected chi connectivity index (χ1v) is 10.4. The highest BCUT2D eigenvalue weighted by Gasteiger charge is 2.12. The molecule has 0 radical (unpaired) electrons. The maximum Gasteiger partial charge on any atom is 0.238 e. The Bertz CT molecular complexity index is 861. The lowest BCUT2D eigenvalue weighted by Gasteiger charge is -2.22. The molecule has 0 bridgehead atoms. The summed E-state index contributed by atoms with van der Waals surface area (Å²) in [6.45, 7) is 3.10. The van der Waals surface area contributed by atoms with Gasteiger partial charge in [0.25, 0.3) is 0 Å². The highest BCUT2D eigenvalue weighted by Crippen LogP contribution is 2.24. The Kier molecular flexibility index (Phi) is 6.71. The van der Waals surface area contributed by atoms with Crippen LogP contribution in [0.5, 0.6) is 17.4 Å². The Morgan fingerprint density at radius 3 is 2.48 bits per heavy atom. The zero-order valence-electron chi connectivity index (χ0n) is 16.6. The predicted octanol–water partition coefficient (Wildman–Crippen LogP) is 5.09. The highest BCUT2D eigenvalue weighted by molar-refractivity contribution is 5.59. The largest absolute Gasteiger partial charge is 0.494 e. The molecule has 1 N–H and O–H groups in total. The Morgan fingerprint density at radius 2 is 1.76 bits per heavy atom. The predicted molar refractivity (Wildman–Crippen MR) is 114 cm³/mol. The van der Waals surface area contributed by atoms with Gasteiger partial charge in [0.2, 0.25) is 5.88 Å². The average Bonchev–Trinajstić information content (AvgIpc) is 2.79. The summed E-state index contributed by atoms with van der Waals surface area (Å²) in [5, 5.41) is 11.9. The normalized spacial score (nSPS) is 16.3. The molecule has 29 heavy (non-hydrogen) atoms. The van der Waals surface area contributed by atoms with Crippen molar-refractivity contribution in [1.82, 2.24) is 15.5 Å². The molecule has 0 aliphatic carbocycles. The summed E-state index contributed by atoms with van der Waals surface area (Å²) in [7, 11) is 0. The number of nitrogens with zero attached hydrogens (tertiary/aromatic N) is 2. The van der Waals surface area contributed by atoms with E-state index in [1.807, 2.05) is 66.7 Å². The van der Waals surface area contributed by atoms with Gasteiger partial charge in [-0.1, -0.05) is 18.2 Å². The Balaban J connectivity index is 1.26. The van der Waals surface area contributed by atoms with Crippen LogP contribution in [0.15, 0.2) is 66.7 Å². The van der Waals surface area contributed by atoms with Gasteiger partial charge in [-0.25, -0.2) is 0 Å². The van der Waals surface area contributed by atoms with E-state index in [-0.39, 0.29) is 0 Å². The smallest absolute Gasteiger partial charge is 0.238 e. The van der Waals surface area contributed by atoms with Crippen molar-refractivity contribution in [2.45, 2.75) is 25.7 Å². The van der Waals surface area contributed by atoms with E-state index < -0.39 is 0 Å². The van der Waals surface area contributed by atoms with E-state index in [1.54, 1.807) is 0 Å². The Hall–Kier alpha value is -2.92. The molecule has 1 atom stereocenters. The first-order chi connectivity index (χ1) is 14.4. The minimum Gasteiger partial charge on any atom is -0.494 e. The number of ether oxygens (including phenoxy) is 2. The van der Waals surface area contributed by atoms with Crippen LogP contribution in [0.2, 0.25) is 0 Å². The van der Waals surface area contributed by atoms with Gasteiger partial charge in [-0.05, 0) is 87.2 Å². The van der Waals surface area contributed by atoms with Gasteiger partial charge >= 0.3 is 0 Å². The maximum atomic E-state index is 5.90. The fraction of sp³-hybridized carbons (Fsp3) is 0.333. The van der Waals surface area contributed by atoms with Gasteiger partial charge in [-0.2, -0.15) is 0 Å². The number of para-hydroxylation sites is 1. The topological polar surface area (TPSA) is 56.3 Å². The molecule has 5 heteroatoms. The fourth-order valence-corrected chi connectivity index (χ4v) is 3.59. The maximum absolute atomic E-state index is 5.90. The monoisotopic (exact) mass is 389 g/mol. The van der Waals surface area contributed by atoms with Crippen molar-refractivity contribution in [3.05, 3.63) is 66.7 Å². The van der Waals surface area contributed by atoms with Gasteiger partial charge in [0.05, 0.1) is 12.3 Å². The molecule has 0 spiro atoms. The third-order valence-corrected chi connectivity index (χ3v) is 5.18. The van der Waals surface area contributed by atoms with Gasteiger partial charge in [-0.15, -0.1) is 10.2 Å². The third-order valence-electron chi connectivity index (χ3n) is 5.18. The van der Waals surface area contributed by atoms with Crippen LogP contribution < -0.4 is 14.8 Å². The minimum absolute atomic E-state index is 0.480. The number of hydrogen-bond acceptors (Lipinski definition) is 5. The minimum atomic E-state index is 0.480. The molecule has 1 fully saturated rings. The number of aromatic nitrogens is 2. The van der Waals surface area contributed by atoms with Crippen molar-refractivity contribution >= 4 is 0 Å². The molecule has 0 saturated carbocycles. The summed E-state index contributed by atoms with van der Waals surface area (Å²) >= 11 is 0. The lowest BCUT2D eigenvalue weighted by molar-refractivity contribution is 0.275. The summed E-state index contributed by atoms with van der Waals surface area (Å²) in [5.74, 6) is 2.93. The van der Waals surface area contributed by atoms with E-state index in [2.05, 4.69) is 15.5 Å². The molecule has 4 rings (SSSR count). The van der Waals surface area contributed by atoms with Crippen molar-refractivity contribution in [2.24, 2.45) is 5.92 Å². The van der Waals surface area contributed by atoms with E-state index >= 15 is 0 Å². The molecule has 0 amide bonds. The van der Waals surface area contributed by atoms with E-state index in [0.29, 0.717) is 5.88 Å². The first kappa shape index (κ1) is 19.4. The van der Waals surface area contributed by atoms with E-state index in [1.165, 1.54) is 25.8 Å². The number of nitrogens with one attached hydrogen (secondary N) is 1. The van der Waals surface area contributed by atoms with E-state index in [4.69, 9.17) is 9.47 Å². The van der Waals surface area contributed by atoms with Crippen LogP contribution >= 0.6 is 0 Å². The summed E-state index contributed by atoms with van der Waals surface area (Å²) < 4.78 is 11.6. The number of piperidine rings is 1. The molecular weight excluding hydrogens is 362 g/mol. The molecule has 1 saturated heterocycles. The molecule has 1 aliphatic heterocycles. The van der Waals surface area contributed by atoms with Gasteiger partial charge in [0.1, 0.15) is 11.5 Å². The molecule has 2 heterocycles. The highest BCUT2D eigenvalue weighted by atomic mass is 16.5. The zero-order valence-corrected chi connectivity index (χ0v) is 16.6. The SMILES string of the molecule is c1ccc(Oc2ccc(-c3ccc(OCCCC4CCCNC4)cc3)nn2)cc1. The lowest BCUT2D eigenvalue weighted by Crippen LogP contribution is -2.29. The van der Waals surface area contributed by atoms with Crippen molar-refractivity contribution in [3.63, 3.8) is 0 Å². The van der Waals surface area contributed by atoms with Gasteiger partial charge < -0.3 is 14.8 Å². The second-order valence-electron chi connectivity index (χ2n) is 7.40. The summed E-state index contributed by atoms with van der Waals surface area (Å²) in [4.78, 5) is 0. The second kappa shape index (κ2) is 10.0. The Labute approximate surface area is 172 Å². The molecular formula is C24H27N3O2. The fourth-order valence-electron chi connectivity index (χ4n) is 3.59. The standard InChI is InChI=1S/C24H27N3O2/c1-2-8-22(9-3-1)29-24-15-14-23(26-27-24)20-10-12-21(13-11-20)28-17-5-7-19-6-4-16-25-18-19/h1-3,8-15,19,25H,4-7,16-18H2. The summed E-state index contributed by atoms with van der Waals surface area (Å²) in [6, 6.07) is 21.3. The van der Waals surface area contributed by atoms with Crippen molar-refractivity contribution in [1.29, 1.82) is 0 Å². The molecule has 3 aromatic rings. The van der Waals surface area contributed by atoms with Gasteiger partial charge in [0, 0.05) is 11.6 Å². The number of rotatable bonds is 8. The van der Waals surface area contributed by atoms with Gasteiger partial charge in [-0.3, -0.25) is 0 Å².